The second-order valence-electron chi connectivity index (χ2n) is 3.44. The van der Waals surface area contributed by atoms with E-state index < -0.39 is 11.8 Å². The summed E-state index contributed by atoms with van der Waals surface area (Å²) in [5.41, 5.74) is 8.13. The van der Waals surface area contributed by atoms with E-state index in [2.05, 4.69) is 10.5 Å². The predicted octanol–water partition coefficient (Wildman–Crippen LogP) is 1.32. The molecule has 0 aliphatic carbocycles. The topological polar surface area (TPSA) is 84.6 Å². The minimum absolute atomic E-state index is 0.00975. The van der Waals surface area contributed by atoms with E-state index in [0.29, 0.717) is 16.3 Å². The van der Waals surface area contributed by atoms with Crippen LogP contribution < -0.4 is 11.2 Å². The number of hydrazone groups is 1. The highest BCUT2D eigenvalue weighted by molar-refractivity contribution is 6.30. The second-order valence-corrected chi connectivity index (χ2v) is 3.88. The third kappa shape index (κ3) is 4.65. The number of hydrogen-bond acceptors (Lipinski definition) is 3. The summed E-state index contributed by atoms with van der Waals surface area (Å²) in [6.45, 7) is 1.60. The molecule has 0 spiro atoms. The van der Waals surface area contributed by atoms with E-state index in [9.17, 15) is 9.59 Å². The lowest BCUT2D eigenvalue weighted by Gasteiger charge is -2.01. The number of carbonyl (C=O) groups excluding carboxylic acids is 2. The maximum absolute atomic E-state index is 11.6. The van der Waals surface area contributed by atoms with Crippen molar-refractivity contribution in [1.82, 2.24) is 5.43 Å². The number of halogens is 1. The lowest BCUT2D eigenvalue weighted by atomic mass is 10.2. The number of amides is 2. The molecular formula is C11H12ClN3O2. The first kappa shape index (κ1) is 13.2. The van der Waals surface area contributed by atoms with E-state index in [-0.39, 0.29) is 6.42 Å². The monoisotopic (exact) mass is 253 g/mol. The third-order valence-corrected chi connectivity index (χ3v) is 2.10. The number of primary amides is 1. The molecule has 0 saturated heterocycles. The van der Waals surface area contributed by atoms with Gasteiger partial charge in [0.25, 0.3) is 5.91 Å². The molecule has 0 aromatic heterocycles. The second kappa shape index (κ2) is 6.00. The molecule has 5 nitrogen and oxygen atoms in total. The van der Waals surface area contributed by atoms with E-state index in [1.807, 2.05) is 0 Å². The van der Waals surface area contributed by atoms with Crippen molar-refractivity contribution >= 4 is 29.1 Å². The van der Waals surface area contributed by atoms with Gasteiger partial charge in [-0.3, -0.25) is 9.59 Å². The Labute approximate surface area is 104 Å². The molecule has 0 bridgehead atoms. The Kier molecular flexibility index (Phi) is 4.66. The first-order valence-corrected chi connectivity index (χ1v) is 5.24. The van der Waals surface area contributed by atoms with Gasteiger partial charge in [0, 0.05) is 16.3 Å². The van der Waals surface area contributed by atoms with Crippen LogP contribution in [0.1, 0.15) is 23.7 Å². The van der Waals surface area contributed by atoms with Crippen LogP contribution in [0.25, 0.3) is 0 Å². The van der Waals surface area contributed by atoms with Crippen LogP contribution in [-0.2, 0) is 4.79 Å². The number of carbonyl (C=O) groups is 2. The van der Waals surface area contributed by atoms with Crippen molar-refractivity contribution in [2.75, 3.05) is 0 Å². The van der Waals surface area contributed by atoms with Crippen molar-refractivity contribution in [3.63, 3.8) is 0 Å². The highest BCUT2D eigenvalue weighted by Crippen LogP contribution is 2.10. The van der Waals surface area contributed by atoms with E-state index in [1.165, 1.54) is 6.07 Å². The lowest BCUT2D eigenvalue weighted by Crippen LogP contribution is -2.21. The van der Waals surface area contributed by atoms with Crippen LogP contribution in [0.4, 0.5) is 0 Å². The largest absolute Gasteiger partial charge is 0.369 e. The van der Waals surface area contributed by atoms with Gasteiger partial charge in [0.15, 0.2) is 0 Å². The predicted molar refractivity (Wildman–Crippen MR) is 65.8 cm³/mol. The van der Waals surface area contributed by atoms with Crippen molar-refractivity contribution < 1.29 is 9.59 Å². The van der Waals surface area contributed by atoms with Gasteiger partial charge in [0.05, 0.1) is 6.42 Å². The third-order valence-electron chi connectivity index (χ3n) is 1.87. The van der Waals surface area contributed by atoms with Gasteiger partial charge < -0.3 is 5.73 Å². The molecule has 1 aromatic rings. The Morgan fingerprint density at radius 2 is 2.18 bits per heavy atom. The Bertz CT molecular complexity index is 472. The Morgan fingerprint density at radius 1 is 1.47 bits per heavy atom. The van der Waals surface area contributed by atoms with Crippen LogP contribution in [0.2, 0.25) is 5.02 Å². The molecule has 0 heterocycles. The van der Waals surface area contributed by atoms with E-state index in [4.69, 9.17) is 17.3 Å². The SMILES string of the molecule is CC(CC(N)=O)=NNC(=O)c1cccc(Cl)c1. The molecule has 6 heteroatoms. The van der Waals surface area contributed by atoms with Crippen LogP contribution in [0, 0.1) is 0 Å². The molecule has 0 unspecified atom stereocenters. The van der Waals surface area contributed by atoms with Gasteiger partial charge in [-0.05, 0) is 25.1 Å². The maximum Gasteiger partial charge on any atom is 0.271 e. The summed E-state index contributed by atoms with van der Waals surface area (Å²) in [5.74, 6) is -0.889. The molecule has 0 fully saturated rings. The molecular weight excluding hydrogens is 242 g/mol. The zero-order valence-electron chi connectivity index (χ0n) is 9.24. The number of nitrogens with one attached hydrogen (secondary N) is 1. The fourth-order valence-corrected chi connectivity index (χ4v) is 1.32. The molecule has 2 amide bonds. The highest BCUT2D eigenvalue weighted by atomic mass is 35.5. The van der Waals surface area contributed by atoms with Crippen molar-refractivity contribution in [2.45, 2.75) is 13.3 Å². The summed E-state index contributed by atoms with van der Waals surface area (Å²) in [6, 6.07) is 6.47. The van der Waals surface area contributed by atoms with Crippen molar-refractivity contribution in [1.29, 1.82) is 0 Å². The molecule has 1 aromatic carbocycles. The Balaban J connectivity index is 2.64. The van der Waals surface area contributed by atoms with Crippen molar-refractivity contribution in [3.8, 4) is 0 Å². The lowest BCUT2D eigenvalue weighted by molar-refractivity contribution is -0.116. The fraction of sp³-hybridized carbons (Fsp3) is 0.182. The molecule has 90 valence electrons. The quantitative estimate of drug-likeness (QED) is 0.626. The summed E-state index contributed by atoms with van der Waals surface area (Å²) in [6.07, 6.45) is 0.00975. The summed E-state index contributed by atoms with van der Waals surface area (Å²) < 4.78 is 0. The molecule has 17 heavy (non-hydrogen) atoms. The van der Waals surface area contributed by atoms with Crippen molar-refractivity contribution in [3.05, 3.63) is 34.9 Å². The average Bonchev–Trinajstić information content (AvgIpc) is 2.25. The number of rotatable bonds is 4. The molecule has 0 aliphatic rings. The molecule has 1 rings (SSSR count). The van der Waals surface area contributed by atoms with E-state index in [0.717, 1.165) is 0 Å². The van der Waals surface area contributed by atoms with E-state index >= 15 is 0 Å². The van der Waals surface area contributed by atoms with Crippen LogP contribution in [0.3, 0.4) is 0 Å². The fourth-order valence-electron chi connectivity index (χ4n) is 1.13. The zero-order chi connectivity index (χ0) is 12.8. The molecule has 0 aliphatic heterocycles. The number of nitrogens with zero attached hydrogens (tertiary/aromatic N) is 1. The Morgan fingerprint density at radius 3 is 2.76 bits per heavy atom. The van der Waals surface area contributed by atoms with E-state index in [1.54, 1.807) is 25.1 Å². The van der Waals surface area contributed by atoms with Crippen LogP contribution in [0.5, 0.6) is 0 Å². The number of benzene rings is 1. The van der Waals surface area contributed by atoms with Gasteiger partial charge in [-0.2, -0.15) is 5.10 Å². The summed E-state index contributed by atoms with van der Waals surface area (Å²) in [7, 11) is 0. The summed E-state index contributed by atoms with van der Waals surface area (Å²) in [4.78, 5) is 22.2. The minimum Gasteiger partial charge on any atom is -0.369 e. The normalized spacial score (nSPS) is 11.1. The molecule has 0 saturated carbocycles. The summed E-state index contributed by atoms with van der Waals surface area (Å²) in [5, 5.41) is 4.21. The number of hydrogen-bond donors (Lipinski definition) is 2. The molecule has 0 radical (unpaired) electrons. The van der Waals surface area contributed by atoms with Crippen LogP contribution in [-0.4, -0.2) is 17.5 Å². The minimum atomic E-state index is -0.497. The van der Waals surface area contributed by atoms with Crippen molar-refractivity contribution in [2.24, 2.45) is 10.8 Å². The van der Waals surface area contributed by atoms with Gasteiger partial charge in [0.1, 0.15) is 0 Å². The standard InChI is InChI=1S/C11H12ClN3O2/c1-7(5-10(13)16)14-15-11(17)8-3-2-4-9(12)6-8/h2-4,6H,5H2,1H3,(H2,13,16)(H,15,17). The van der Waals surface area contributed by atoms with Gasteiger partial charge >= 0.3 is 0 Å². The molecule has 0 atom stereocenters. The van der Waals surface area contributed by atoms with Gasteiger partial charge in [0.2, 0.25) is 5.91 Å². The highest BCUT2D eigenvalue weighted by Gasteiger charge is 2.05. The van der Waals surface area contributed by atoms with Crippen LogP contribution >= 0.6 is 11.6 Å². The first-order chi connectivity index (χ1) is 7.99. The van der Waals surface area contributed by atoms with Gasteiger partial charge in [-0.15, -0.1) is 0 Å². The van der Waals surface area contributed by atoms with Crippen LogP contribution in [0.15, 0.2) is 29.4 Å². The molecule has 3 N–H and O–H groups in total. The Hall–Kier alpha value is -1.88. The van der Waals surface area contributed by atoms with Gasteiger partial charge in [-0.1, -0.05) is 17.7 Å². The zero-order valence-corrected chi connectivity index (χ0v) is 9.99. The number of nitrogens with two attached hydrogens (primary N) is 1. The maximum atomic E-state index is 11.6. The smallest absolute Gasteiger partial charge is 0.271 e. The van der Waals surface area contributed by atoms with Gasteiger partial charge in [-0.25, -0.2) is 5.43 Å². The average molecular weight is 254 g/mol. The first-order valence-electron chi connectivity index (χ1n) is 4.86. The summed E-state index contributed by atoms with van der Waals surface area (Å²) >= 11 is 5.74.